The third-order valence-corrected chi connectivity index (χ3v) is 3.00. The minimum atomic E-state index is -1.09. The lowest BCUT2D eigenvalue weighted by molar-refractivity contribution is 0.141. The van der Waals surface area contributed by atoms with Gasteiger partial charge in [-0.3, -0.25) is 0 Å². The summed E-state index contributed by atoms with van der Waals surface area (Å²) >= 11 is 2.91. The maximum absolute atomic E-state index is 13.3. The van der Waals surface area contributed by atoms with Crippen molar-refractivity contribution < 1.29 is 18.4 Å². The minimum Gasteiger partial charge on any atom is -0.382 e. The maximum Gasteiger partial charge on any atom is 0.257 e. The van der Waals surface area contributed by atoms with Gasteiger partial charge in [0.05, 0.1) is 4.47 Å². The SMILES string of the molecule is NC[C@H](O)c1nc(-c2ccc(F)c(F)c2Br)no1. The third-order valence-electron chi connectivity index (χ3n) is 2.23. The summed E-state index contributed by atoms with van der Waals surface area (Å²) in [5.74, 6) is -2.08. The molecule has 2 aromatic rings. The number of hydrogen-bond acceptors (Lipinski definition) is 5. The van der Waals surface area contributed by atoms with Gasteiger partial charge in [0.1, 0.15) is 6.10 Å². The van der Waals surface area contributed by atoms with E-state index in [2.05, 4.69) is 26.1 Å². The van der Waals surface area contributed by atoms with Crippen molar-refractivity contribution in [3.8, 4) is 11.4 Å². The number of rotatable bonds is 3. The number of halogens is 3. The van der Waals surface area contributed by atoms with Crippen LogP contribution >= 0.6 is 15.9 Å². The molecule has 1 heterocycles. The first-order chi connectivity index (χ1) is 8.54. The zero-order valence-electron chi connectivity index (χ0n) is 8.90. The highest BCUT2D eigenvalue weighted by Gasteiger charge is 2.19. The molecule has 0 radical (unpaired) electrons. The number of aliphatic hydroxyl groups excluding tert-OH is 1. The van der Waals surface area contributed by atoms with Crippen molar-refractivity contribution in [2.24, 2.45) is 5.73 Å². The first kappa shape index (κ1) is 13.1. The largest absolute Gasteiger partial charge is 0.382 e. The maximum atomic E-state index is 13.3. The molecule has 1 aromatic carbocycles. The molecule has 5 nitrogen and oxygen atoms in total. The summed E-state index contributed by atoms with van der Waals surface area (Å²) in [6.45, 7) is -0.0828. The molecule has 8 heteroatoms. The molecule has 0 amide bonds. The van der Waals surface area contributed by atoms with Gasteiger partial charge in [0.25, 0.3) is 5.89 Å². The zero-order valence-corrected chi connectivity index (χ0v) is 10.5. The molecule has 18 heavy (non-hydrogen) atoms. The van der Waals surface area contributed by atoms with Crippen LogP contribution in [0.5, 0.6) is 0 Å². The monoisotopic (exact) mass is 319 g/mol. The smallest absolute Gasteiger partial charge is 0.257 e. The van der Waals surface area contributed by atoms with E-state index in [1.807, 2.05) is 0 Å². The highest BCUT2D eigenvalue weighted by Crippen LogP contribution is 2.30. The van der Waals surface area contributed by atoms with Crippen molar-refractivity contribution in [3.63, 3.8) is 0 Å². The van der Waals surface area contributed by atoms with E-state index in [4.69, 9.17) is 10.3 Å². The van der Waals surface area contributed by atoms with Gasteiger partial charge in [-0.25, -0.2) is 8.78 Å². The zero-order chi connectivity index (χ0) is 13.3. The van der Waals surface area contributed by atoms with E-state index >= 15 is 0 Å². The van der Waals surface area contributed by atoms with Crippen molar-refractivity contribution in [2.75, 3.05) is 6.54 Å². The van der Waals surface area contributed by atoms with Crippen molar-refractivity contribution in [3.05, 3.63) is 34.1 Å². The predicted molar refractivity (Wildman–Crippen MR) is 61.4 cm³/mol. The van der Waals surface area contributed by atoms with Crippen LogP contribution in [0.25, 0.3) is 11.4 Å². The van der Waals surface area contributed by atoms with Crippen LogP contribution in [0.1, 0.15) is 12.0 Å². The summed E-state index contributed by atoms with van der Waals surface area (Å²) in [6, 6.07) is 2.25. The summed E-state index contributed by atoms with van der Waals surface area (Å²) < 4.78 is 30.9. The van der Waals surface area contributed by atoms with Crippen molar-refractivity contribution >= 4 is 15.9 Å². The molecule has 1 aromatic heterocycles. The second kappa shape index (κ2) is 5.09. The predicted octanol–water partition coefficient (Wildman–Crippen LogP) is 1.77. The van der Waals surface area contributed by atoms with E-state index in [-0.39, 0.29) is 28.3 Å². The molecule has 0 bridgehead atoms. The number of aliphatic hydroxyl groups is 1. The number of aromatic nitrogens is 2. The van der Waals surface area contributed by atoms with Crippen LogP contribution in [0, 0.1) is 11.6 Å². The molecule has 0 aliphatic heterocycles. The Kier molecular flexibility index (Phi) is 3.69. The molecule has 96 valence electrons. The average Bonchev–Trinajstić information content (AvgIpc) is 2.84. The van der Waals surface area contributed by atoms with E-state index in [1.165, 1.54) is 6.07 Å². The van der Waals surface area contributed by atoms with Crippen molar-refractivity contribution in [1.82, 2.24) is 10.1 Å². The van der Waals surface area contributed by atoms with E-state index in [9.17, 15) is 13.9 Å². The molecule has 0 spiro atoms. The summed E-state index contributed by atoms with van der Waals surface area (Å²) in [4.78, 5) is 3.86. The summed E-state index contributed by atoms with van der Waals surface area (Å²) in [5.41, 5.74) is 5.45. The Morgan fingerprint density at radius 3 is 2.83 bits per heavy atom. The van der Waals surface area contributed by atoms with Crippen molar-refractivity contribution in [1.29, 1.82) is 0 Å². The number of nitrogens with zero attached hydrogens (tertiary/aromatic N) is 2. The lowest BCUT2D eigenvalue weighted by atomic mass is 10.2. The molecule has 0 aliphatic rings. The Labute approximate surface area is 109 Å². The van der Waals surface area contributed by atoms with E-state index < -0.39 is 17.7 Å². The van der Waals surface area contributed by atoms with Gasteiger partial charge in [0, 0.05) is 12.1 Å². The van der Waals surface area contributed by atoms with Crippen LogP contribution in [0.3, 0.4) is 0 Å². The minimum absolute atomic E-state index is 0.0308. The van der Waals surface area contributed by atoms with E-state index in [0.717, 1.165) is 6.07 Å². The fourth-order valence-electron chi connectivity index (χ4n) is 1.28. The van der Waals surface area contributed by atoms with Crippen LogP contribution in [0.15, 0.2) is 21.1 Å². The molecule has 3 N–H and O–H groups in total. The molecule has 0 unspecified atom stereocenters. The third kappa shape index (κ3) is 2.26. The summed E-state index contributed by atoms with van der Waals surface area (Å²) in [7, 11) is 0. The first-order valence-electron chi connectivity index (χ1n) is 4.90. The number of benzene rings is 1. The standard InChI is InChI=1S/C10H8BrF2N3O2/c11-7-4(1-2-5(12)8(7)13)9-15-10(18-16-9)6(17)3-14/h1-2,6,17H,3,14H2/t6-/m0/s1. The average molecular weight is 320 g/mol. The van der Waals surface area contributed by atoms with Gasteiger partial charge in [-0.1, -0.05) is 5.16 Å². The van der Waals surface area contributed by atoms with Gasteiger partial charge in [0.15, 0.2) is 11.6 Å². The van der Waals surface area contributed by atoms with Crippen LogP contribution in [-0.4, -0.2) is 21.8 Å². The van der Waals surface area contributed by atoms with E-state index in [0.29, 0.717) is 0 Å². The van der Waals surface area contributed by atoms with Gasteiger partial charge >= 0.3 is 0 Å². The fourth-order valence-corrected chi connectivity index (χ4v) is 1.78. The Bertz CT molecular complexity index is 576. The number of nitrogens with two attached hydrogens (primary N) is 1. The Morgan fingerprint density at radius 2 is 2.17 bits per heavy atom. The Morgan fingerprint density at radius 1 is 1.44 bits per heavy atom. The summed E-state index contributed by atoms with van der Waals surface area (Å²) in [5, 5.41) is 13.0. The number of hydrogen-bond donors (Lipinski definition) is 2. The quantitative estimate of drug-likeness (QED) is 0.842. The molecule has 0 aliphatic carbocycles. The van der Waals surface area contributed by atoms with Gasteiger partial charge in [-0.2, -0.15) is 4.98 Å². The lowest BCUT2D eigenvalue weighted by Crippen LogP contribution is -2.11. The molecular formula is C10H8BrF2N3O2. The second-order valence-corrected chi connectivity index (χ2v) is 4.22. The van der Waals surface area contributed by atoms with Gasteiger partial charge in [0.2, 0.25) is 5.82 Å². The Balaban J connectivity index is 2.43. The second-order valence-electron chi connectivity index (χ2n) is 3.43. The molecular weight excluding hydrogens is 312 g/mol. The normalized spacial score (nSPS) is 12.7. The molecule has 0 saturated heterocycles. The Hall–Kier alpha value is -1.38. The van der Waals surface area contributed by atoms with Crippen LogP contribution in [-0.2, 0) is 0 Å². The molecule has 0 saturated carbocycles. The van der Waals surface area contributed by atoms with Crippen LogP contribution in [0.2, 0.25) is 0 Å². The first-order valence-corrected chi connectivity index (χ1v) is 5.69. The molecule has 0 fully saturated rings. The van der Waals surface area contributed by atoms with Crippen molar-refractivity contribution in [2.45, 2.75) is 6.10 Å². The highest BCUT2D eigenvalue weighted by atomic mass is 79.9. The van der Waals surface area contributed by atoms with Gasteiger partial charge in [-0.05, 0) is 28.1 Å². The van der Waals surface area contributed by atoms with Gasteiger partial charge in [-0.15, -0.1) is 0 Å². The molecule has 2 rings (SSSR count). The fraction of sp³-hybridized carbons (Fsp3) is 0.200. The molecule has 1 atom stereocenters. The topological polar surface area (TPSA) is 85.2 Å². The van der Waals surface area contributed by atoms with Crippen LogP contribution in [0.4, 0.5) is 8.78 Å². The van der Waals surface area contributed by atoms with Crippen LogP contribution < -0.4 is 5.73 Å². The van der Waals surface area contributed by atoms with E-state index in [1.54, 1.807) is 0 Å². The van der Waals surface area contributed by atoms with Gasteiger partial charge < -0.3 is 15.4 Å². The summed E-state index contributed by atoms with van der Waals surface area (Å²) in [6.07, 6.45) is -1.09. The highest BCUT2D eigenvalue weighted by molar-refractivity contribution is 9.10. The lowest BCUT2D eigenvalue weighted by Gasteiger charge is -2.01.